The van der Waals surface area contributed by atoms with Crippen LogP contribution in [0.1, 0.15) is 50.9 Å². The molecule has 0 aromatic carbocycles. The van der Waals surface area contributed by atoms with Crippen LogP contribution in [0.2, 0.25) is 0 Å². The van der Waals surface area contributed by atoms with Crippen molar-refractivity contribution in [1.82, 2.24) is 10.2 Å². The van der Waals surface area contributed by atoms with E-state index in [4.69, 9.17) is 9.47 Å². The minimum atomic E-state index is -0.503. The Balaban J connectivity index is 1.72. The summed E-state index contributed by atoms with van der Waals surface area (Å²) in [5.74, 6) is -0.208. The molecule has 1 saturated heterocycles. The smallest absolute Gasteiger partial charge is 0.407 e. The maximum atomic E-state index is 12.4. The van der Waals surface area contributed by atoms with Gasteiger partial charge in [0.05, 0.1) is 18.7 Å². The number of piperidine rings is 1. The fourth-order valence-electron chi connectivity index (χ4n) is 3.04. The van der Waals surface area contributed by atoms with Gasteiger partial charge in [-0.25, -0.2) is 9.59 Å². The first-order chi connectivity index (χ1) is 13.7. The molecule has 1 aromatic heterocycles. The molecule has 2 rings (SSSR count). The van der Waals surface area contributed by atoms with Crippen molar-refractivity contribution in [1.29, 1.82) is 0 Å². The lowest BCUT2D eigenvalue weighted by molar-refractivity contribution is -0.117. The Morgan fingerprint density at radius 3 is 2.55 bits per heavy atom. The number of esters is 1. The fraction of sp³-hybridized carbons (Fsp3) is 0.650. The summed E-state index contributed by atoms with van der Waals surface area (Å²) in [5.41, 5.74) is -0.117. The minimum absolute atomic E-state index is 0.150. The third-order valence-corrected chi connectivity index (χ3v) is 5.25. The van der Waals surface area contributed by atoms with Gasteiger partial charge < -0.3 is 20.1 Å². The van der Waals surface area contributed by atoms with Gasteiger partial charge >= 0.3 is 12.1 Å². The monoisotopic (exact) mass is 425 g/mol. The first-order valence-electron chi connectivity index (χ1n) is 9.91. The summed E-state index contributed by atoms with van der Waals surface area (Å²) in [4.78, 5) is 38.1. The van der Waals surface area contributed by atoms with Crippen molar-refractivity contribution in [2.75, 3.05) is 38.1 Å². The van der Waals surface area contributed by atoms with Gasteiger partial charge in [-0.2, -0.15) is 0 Å². The van der Waals surface area contributed by atoms with E-state index in [-0.39, 0.29) is 12.5 Å². The number of likely N-dealkylation sites (tertiary alicyclic amines) is 1. The second-order valence-corrected chi connectivity index (χ2v) is 8.95. The van der Waals surface area contributed by atoms with Gasteiger partial charge in [0, 0.05) is 6.54 Å². The van der Waals surface area contributed by atoms with Crippen LogP contribution >= 0.6 is 11.3 Å². The van der Waals surface area contributed by atoms with Crippen LogP contribution in [0, 0.1) is 5.92 Å². The van der Waals surface area contributed by atoms with Crippen LogP contribution in [0.4, 0.5) is 9.80 Å². The summed E-state index contributed by atoms with van der Waals surface area (Å²) in [7, 11) is 0. The molecule has 162 valence electrons. The zero-order valence-electron chi connectivity index (χ0n) is 17.6. The Hall–Kier alpha value is -2.13. The number of nitrogens with zero attached hydrogens (tertiary/aromatic N) is 1. The fourth-order valence-corrected chi connectivity index (χ4v) is 3.83. The number of carbonyl (C=O) groups excluding carboxylic acids is 3. The maximum Gasteiger partial charge on any atom is 0.407 e. The average molecular weight is 426 g/mol. The number of rotatable bonds is 7. The van der Waals surface area contributed by atoms with Crippen molar-refractivity contribution in [3.8, 4) is 0 Å². The van der Waals surface area contributed by atoms with E-state index < -0.39 is 17.7 Å². The van der Waals surface area contributed by atoms with Gasteiger partial charge in [-0.15, -0.1) is 11.3 Å². The highest BCUT2D eigenvalue weighted by Gasteiger charge is 2.23. The number of anilines is 1. The largest absolute Gasteiger partial charge is 0.462 e. The Kier molecular flexibility index (Phi) is 8.45. The molecule has 0 spiro atoms. The molecule has 0 aliphatic carbocycles. The van der Waals surface area contributed by atoms with Gasteiger partial charge in [-0.05, 0) is 71.0 Å². The Labute approximate surface area is 175 Å². The van der Waals surface area contributed by atoms with Crippen LogP contribution in [-0.2, 0) is 14.3 Å². The van der Waals surface area contributed by atoms with Gasteiger partial charge in [0.15, 0.2) is 0 Å². The van der Waals surface area contributed by atoms with Crippen molar-refractivity contribution in [3.63, 3.8) is 0 Å². The van der Waals surface area contributed by atoms with Crippen molar-refractivity contribution in [2.45, 2.75) is 46.1 Å². The molecule has 8 nitrogen and oxygen atoms in total. The topological polar surface area (TPSA) is 97.0 Å². The molecule has 29 heavy (non-hydrogen) atoms. The molecular weight excluding hydrogens is 394 g/mol. The molecular formula is C20H31N3O5S. The molecule has 0 atom stereocenters. The lowest BCUT2D eigenvalue weighted by Crippen LogP contribution is -2.42. The van der Waals surface area contributed by atoms with Crippen molar-refractivity contribution >= 4 is 34.3 Å². The minimum Gasteiger partial charge on any atom is -0.462 e. The van der Waals surface area contributed by atoms with E-state index in [2.05, 4.69) is 15.5 Å². The maximum absolute atomic E-state index is 12.4. The van der Waals surface area contributed by atoms with Crippen LogP contribution in [-0.4, -0.2) is 61.3 Å². The highest BCUT2D eigenvalue weighted by atomic mass is 32.1. The number of ether oxygens (including phenoxy) is 2. The third kappa shape index (κ3) is 8.02. The quantitative estimate of drug-likeness (QED) is 0.652. The van der Waals surface area contributed by atoms with E-state index in [1.807, 2.05) is 20.8 Å². The number of thiophene rings is 1. The Morgan fingerprint density at radius 2 is 1.93 bits per heavy atom. The summed E-state index contributed by atoms with van der Waals surface area (Å²) in [5, 5.41) is 7.91. The number of hydrogen-bond donors (Lipinski definition) is 2. The molecule has 1 aromatic rings. The van der Waals surface area contributed by atoms with E-state index in [0.717, 1.165) is 25.9 Å². The summed E-state index contributed by atoms with van der Waals surface area (Å²) < 4.78 is 10.3. The lowest BCUT2D eigenvalue weighted by Gasteiger charge is -2.31. The number of alkyl carbamates (subject to hydrolysis) is 1. The molecule has 1 aliphatic rings. The molecule has 2 heterocycles. The molecule has 9 heteroatoms. The summed E-state index contributed by atoms with van der Waals surface area (Å²) in [6, 6.07) is 1.65. The number of nitrogens with one attached hydrogen (secondary N) is 2. The molecule has 1 aliphatic heterocycles. The zero-order chi connectivity index (χ0) is 21.4. The van der Waals surface area contributed by atoms with E-state index in [1.54, 1.807) is 18.4 Å². The van der Waals surface area contributed by atoms with Crippen molar-refractivity contribution in [3.05, 3.63) is 17.0 Å². The van der Waals surface area contributed by atoms with E-state index in [0.29, 0.717) is 29.6 Å². The first-order valence-corrected chi connectivity index (χ1v) is 10.8. The first kappa shape index (κ1) is 23.2. The van der Waals surface area contributed by atoms with E-state index in [9.17, 15) is 14.4 Å². The highest BCUT2D eigenvalue weighted by Crippen LogP contribution is 2.24. The van der Waals surface area contributed by atoms with Gasteiger partial charge in [-0.1, -0.05) is 0 Å². The predicted octanol–water partition coefficient (Wildman–Crippen LogP) is 3.10. The van der Waals surface area contributed by atoms with Crippen LogP contribution in [0.5, 0.6) is 0 Å². The van der Waals surface area contributed by atoms with Crippen molar-refractivity contribution in [2.24, 2.45) is 5.92 Å². The standard InChI is InChI=1S/C20H31N3O5S/c1-5-27-18(25)15-8-11-29-17(15)22-16(24)13-23-9-6-14(7-10-23)12-21-19(26)28-20(2,3)4/h8,11,14H,5-7,9-10,12-13H2,1-4H3,(H,21,26)(H,22,24). The second-order valence-electron chi connectivity index (χ2n) is 8.03. The predicted molar refractivity (Wildman–Crippen MR) is 112 cm³/mol. The van der Waals surface area contributed by atoms with Crippen LogP contribution in [0.15, 0.2) is 11.4 Å². The molecule has 1 fully saturated rings. The van der Waals surface area contributed by atoms with E-state index >= 15 is 0 Å². The van der Waals surface area contributed by atoms with Gasteiger partial charge in [0.2, 0.25) is 5.91 Å². The number of hydrogen-bond acceptors (Lipinski definition) is 7. The van der Waals surface area contributed by atoms with Gasteiger partial charge in [0.25, 0.3) is 0 Å². The summed E-state index contributed by atoms with van der Waals surface area (Å²) >= 11 is 1.30. The zero-order valence-corrected chi connectivity index (χ0v) is 18.4. The molecule has 2 amide bonds. The van der Waals surface area contributed by atoms with Crippen LogP contribution in [0.3, 0.4) is 0 Å². The molecule has 2 N–H and O–H groups in total. The summed E-state index contributed by atoms with van der Waals surface area (Å²) in [6.45, 7) is 9.95. The highest BCUT2D eigenvalue weighted by molar-refractivity contribution is 7.14. The van der Waals surface area contributed by atoms with E-state index in [1.165, 1.54) is 11.3 Å². The SMILES string of the molecule is CCOC(=O)c1ccsc1NC(=O)CN1CCC(CNC(=O)OC(C)(C)C)CC1. The third-order valence-electron chi connectivity index (χ3n) is 4.42. The molecule has 0 saturated carbocycles. The molecule has 0 unspecified atom stereocenters. The van der Waals surface area contributed by atoms with Gasteiger partial charge in [-0.3, -0.25) is 9.69 Å². The van der Waals surface area contributed by atoms with Gasteiger partial charge in [0.1, 0.15) is 10.6 Å². The van der Waals surface area contributed by atoms with Crippen LogP contribution < -0.4 is 10.6 Å². The number of amides is 2. The Bertz CT molecular complexity index is 705. The molecule has 0 bridgehead atoms. The Morgan fingerprint density at radius 1 is 1.24 bits per heavy atom. The average Bonchev–Trinajstić information content (AvgIpc) is 3.08. The number of carbonyl (C=O) groups is 3. The summed E-state index contributed by atoms with van der Waals surface area (Å²) in [6.07, 6.45) is 1.40. The van der Waals surface area contributed by atoms with Crippen LogP contribution in [0.25, 0.3) is 0 Å². The second kappa shape index (κ2) is 10.6. The molecule has 0 radical (unpaired) electrons. The normalized spacial score (nSPS) is 15.6. The lowest BCUT2D eigenvalue weighted by atomic mass is 9.97. The van der Waals surface area contributed by atoms with Crippen molar-refractivity contribution < 1.29 is 23.9 Å².